The molecule has 110 valence electrons. The predicted molar refractivity (Wildman–Crippen MR) is 78.9 cm³/mol. The maximum Gasteiger partial charge on any atom is 0.106 e. The van der Waals surface area contributed by atoms with Crippen molar-refractivity contribution in [3.8, 4) is 6.07 Å². The van der Waals surface area contributed by atoms with Crippen LogP contribution >= 0.6 is 0 Å². The van der Waals surface area contributed by atoms with E-state index in [2.05, 4.69) is 25.2 Å². The van der Waals surface area contributed by atoms with Crippen LogP contribution in [0.15, 0.2) is 0 Å². The second kappa shape index (κ2) is 8.55. The van der Waals surface area contributed by atoms with E-state index in [-0.39, 0.29) is 5.54 Å². The Morgan fingerprint density at radius 3 is 2.74 bits per heavy atom. The third kappa shape index (κ3) is 5.12. The van der Waals surface area contributed by atoms with Crippen molar-refractivity contribution in [2.24, 2.45) is 5.92 Å². The Balaban J connectivity index is 2.22. The summed E-state index contributed by atoms with van der Waals surface area (Å²) in [6.45, 7) is 5.14. The highest BCUT2D eigenvalue weighted by Crippen LogP contribution is 2.28. The van der Waals surface area contributed by atoms with Crippen LogP contribution in [0, 0.1) is 17.2 Å². The van der Waals surface area contributed by atoms with Crippen LogP contribution in [0.25, 0.3) is 0 Å². The van der Waals surface area contributed by atoms with Gasteiger partial charge in [0.05, 0.1) is 12.2 Å². The summed E-state index contributed by atoms with van der Waals surface area (Å²) in [6, 6.07) is 2.40. The normalized spacial score (nSPS) is 26.6. The maximum absolute atomic E-state index is 9.24. The highest BCUT2D eigenvalue weighted by Gasteiger charge is 2.25. The lowest BCUT2D eigenvalue weighted by Gasteiger charge is -2.29. The van der Waals surface area contributed by atoms with Gasteiger partial charge >= 0.3 is 0 Å². The first-order chi connectivity index (χ1) is 9.19. The van der Waals surface area contributed by atoms with E-state index in [1.54, 1.807) is 0 Å². The molecule has 0 heterocycles. The third-order valence-corrected chi connectivity index (χ3v) is 4.71. The number of ether oxygens (including phenoxy) is 1. The number of rotatable bonds is 8. The van der Waals surface area contributed by atoms with Crippen LogP contribution in [0.4, 0.5) is 0 Å². The lowest BCUT2D eigenvalue weighted by Crippen LogP contribution is -2.41. The zero-order chi connectivity index (χ0) is 14.1. The fourth-order valence-corrected chi connectivity index (χ4v) is 3.06. The number of hydrogen-bond donors (Lipinski definition) is 1. The number of nitrogens with zero attached hydrogens (tertiary/aromatic N) is 1. The van der Waals surface area contributed by atoms with Gasteiger partial charge in [0.1, 0.15) is 5.54 Å². The van der Waals surface area contributed by atoms with Crippen LogP contribution in [0.5, 0.6) is 0 Å². The van der Waals surface area contributed by atoms with Crippen LogP contribution in [-0.4, -0.2) is 25.3 Å². The summed E-state index contributed by atoms with van der Waals surface area (Å²) in [7, 11) is 1.88. The van der Waals surface area contributed by atoms with Gasteiger partial charge in [-0.25, -0.2) is 0 Å². The second-order valence-corrected chi connectivity index (χ2v) is 5.83. The molecular weight excluding hydrogens is 236 g/mol. The quantitative estimate of drug-likeness (QED) is 0.682. The van der Waals surface area contributed by atoms with Gasteiger partial charge in [0, 0.05) is 6.61 Å². The summed E-state index contributed by atoms with van der Waals surface area (Å²) in [6.07, 6.45) is 9.59. The van der Waals surface area contributed by atoms with Crippen LogP contribution in [0.3, 0.4) is 0 Å². The summed E-state index contributed by atoms with van der Waals surface area (Å²) in [5.41, 5.74) is -0.359. The second-order valence-electron chi connectivity index (χ2n) is 5.83. The van der Waals surface area contributed by atoms with E-state index in [1.165, 1.54) is 32.1 Å². The molecule has 1 saturated carbocycles. The molecule has 19 heavy (non-hydrogen) atoms. The van der Waals surface area contributed by atoms with Crippen LogP contribution < -0.4 is 5.32 Å². The molecule has 1 N–H and O–H groups in total. The van der Waals surface area contributed by atoms with E-state index >= 15 is 0 Å². The van der Waals surface area contributed by atoms with E-state index in [1.807, 2.05) is 7.05 Å². The Kier molecular flexibility index (Phi) is 7.41. The Labute approximate surface area is 118 Å². The monoisotopic (exact) mass is 266 g/mol. The van der Waals surface area contributed by atoms with Crippen molar-refractivity contribution in [1.29, 1.82) is 5.26 Å². The Hall–Kier alpha value is -0.590. The number of nitrogens with one attached hydrogen (secondary N) is 1. The standard InChI is InChI=1S/C16H30N2O/c1-4-14-8-6-9-15(12-14)19-11-7-10-16(5-2,13-17)18-3/h14-15,18H,4-12H2,1-3H3. The minimum absolute atomic E-state index is 0.359. The zero-order valence-electron chi connectivity index (χ0n) is 12.9. The van der Waals surface area contributed by atoms with Gasteiger partial charge in [0.2, 0.25) is 0 Å². The maximum atomic E-state index is 9.24. The number of nitriles is 1. The van der Waals surface area contributed by atoms with Crippen molar-refractivity contribution in [2.75, 3.05) is 13.7 Å². The molecule has 3 nitrogen and oxygen atoms in total. The average Bonchev–Trinajstić information content (AvgIpc) is 2.48. The molecule has 1 fully saturated rings. The largest absolute Gasteiger partial charge is 0.378 e. The van der Waals surface area contributed by atoms with Gasteiger partial charge in [-0.15, -0.1) is 0 Å². The SMILES string of the molecule is CCC1CCCC(OCCCC(C#N)(CC)NC)C1. The van der Waals surface area contributed by atoms with E-state index in [0.29, 0.717) is 6.10 Å². The molecule has 1 aliphatic rings. The van der Waals surface area contributed by atoms with Gasteiger partial charge in [0.15, 0.2) is 0 Å². The lowest BCUT2D eigenvalue weighted by atomic mass is 9.85. The summed E-state index contributed by atoms with van der Waals surface area (Å²) in [5.74, 6) is 0.866. The van der Waals surface area contributed by atoms with Crippen LogP contribution in [0.1, 0.15) is 65.2 Å². The van der Waals surface area contributed by atoms with E-state index in [0.717, 1.165) is 31.8 Å². The first-order valence-corrected chi connectivity index (χ1v) is 7.91. The van der Waals surface area contributed by atoms with Gasteiger partial charge in [-0.1, -0.05) is 33.1 Å². The van der Waals surface area contributed by atoms with Crippen molar-refractivity contribution >= 4 is 0 Å². The van der Waals surface area contributed by atoms with Crippen LogP contribution in [-0.2, 0) is 4.74 Å². The minimum atomic E-state index is -0.359. The molecule has 0 aromatic carbocycles. The lowest BCUT2D eigenvalue weighted by molar-refractivity contribution is 0.00923. The van der Waals surface area contributed by atoms with Crippen molar-refractivity contribution in [1.82, 2.24) is 5.32 Å². The Morgan fingerprint density at radius 2 is 2.16 bits per heavy atom. The van der Waals surface area contributed by atoms with Gasteiger partial charge in [-0.2, -0.15) is 5.26 Å². The van der Waals surface area contributed by atoms with E-state index in [9.17, 15) is 5.26 Å². The smallest absolute Gasteiger partial charge is 0.106 e. The molecule has 1 aliphatic carbocycles. The zero-order valence-corrected chi connectivity index (χ0v) is 12.9. The van der Waals surface area contributed by atoms with E-state index in [4.69, 9.17) is 4.74 Å². The summed E-state index contributed by atoms with van der Waals surface area (Å²) in [5, 5.41) is 12.4. The molecule has 0 aromatic heterocycles. The van der Waals surface area contributed by atoms with Crippen molar-refractivity contribution in [2.45, 2.75) is 76.9 Å². The first kappa shape index (κ1) is 16.5. The average molecular weight is 266 g/mol. The van der Waals surface area contributed by atoms with Gasteiger partial charge in [0.25, 0.3) is 0 Å². The third-order valence-electron chi connectivity index (χ3n) is 4.71. The molecule has 1 rings (SSSR count). The summed E-state index contributed by atoms with van der Waals surface area (Å²) in [4.78, 5) is 0. The first-order valence-electron chi connectivity index (χ1n) is 7.91. The molecule has 0 bridgehead atoms. The molecule has 0 amide bonds. The fourth-order valence-electron chi connectivity index (χ4n) is 3.06. The highest BCUT2D eigenvalue weighted by molar-refractivity contribution is 5.05. The molecule has 0 saturated heterocycles. The molecule has 0 aromatic rings. The fraction of sp³-hybridized carbons (Fsp3) is 0.938. The molecule has 0 aliphatic heterocycles. The minimum Gasteiger partial charge on any atom is -0.378 e. The molecular formula is C16H30N2O. The molecule has 0 spiro atoms. The Morgan fingerprint density at radius 1 is 1.37 bits per heavy atom. The molecule has 0 radical (unpaired) electrons. The van der Waals surface area contributed by atoms with Gasteiger partial charge in [-0.3, -0.25) is 0 Å². The number of hydrogen-bond acceptors (Lipinski definition) is 3. The molecule has 3 unspecified atom stereocenters. The Bertz CT molecular complexity index is 281. The van der Waals surface area contributed by atoms with Crippen molar-refractivity contribution in [3.63, 3.8) is 0 Å². The topological polar surface area (TPSA) is 45.0 Å². The van der Waals surface area contributed by atoms with Crippen molar-refractivity contribution < 1.29 is 4.74 Å². The van der Waals surface area contributed by atoms with Gasteiger partial charge in [-0.05, 0) is 45.1 Å². The van der Waals surface area contributed by atoms with Crippen molar-refractivity contribution in [3.05, 3.63) is 0 Å². The molecule has 3 atom stereocenters. The van der Waals surface area contributed by atoms with Gasteiger partial charge < -0.3 is 10.1 Å². The highest BCUT2D eigenvalue weighted by atomic mass is 16.5. The predicted octanol–water partition coefficient (Wildman–Crippen LogP) is 3.64. The summed E-state index contributed by atoms with van der Waals surface area (Å²) < 4.78 is 6.01. The molecule has 3 heteroatoms. The van der Waals surface area contributed by atoms with Crippen LogP contribution in [0.2, 0.25) is 0 Å². The van der Waals surface area contributed by atoms with E-state index < -0.39 is 0 Å². The summed E-state index contributed by atoms with van der Waals surface area (Å²) >= 11 is 0.